The van der Waals surface area contributed by atoms with E-state index in [0.717, 1.165) is 17.0 Å². The molecular weight excluding hydrogens is 528 g/mol. The van der Waals surface area contributed by atoms with E-state index in [1.807, 2.05) is 78.9 Å². The van der Waals surface area contributed by atoms with Gasteiger partial charge in [-0.1, -0.05) is 41.6 Å². The molecule has 6 rings (SSSR count). The normalized spacial score (nSPS) is 11.0. The summed E-state index contributed by atoms with van der Waals surface area (Å²) in [5.74, 6) is 1.78. The molecule has 4 aromatic carbocycles. The van der Waals surface area contributed by atoms with Crippen LogP contribution in [-0.2, 0) is 6.61 Å². The first-order chi connectivity index (χ1) is 20.6. The molecule has 0 saturated heterocycles. The third-order valence-corrected chi connectivity index (χ3v) is 6.61. The summed E-state index contributed by atoms with van der Waals surface area (Å²) in [5, 5.41) is 18.0. The fraction of sp³-hybridized carbons (Fsp3) is 0.0606. The van der Waals surface area contributed by atoms with E-state index in [2.05, 4.69) is 16.4 Å². The lowest BCUT2D eigenvalue weighted by Gasteiger charge is -2.13. The van der Waals surface area contributed by atoms with E-state index in [-0.39, 0.29) is 12.2 Å². The van der Waals surface area contributed by atoms with E-state index in [4.69, 9.17) is 19.7 Å². The lowest BCUT2D eigenvalue weighted by atomic mass is 10.1. The first kappa shape index (κ1) is 26.2. The minimum atomic E-state index is -0.195. The van der Waals surface area contributed by atoms with Crippen molar-refractivity contribution in [1.82, 2.24) is 24.5 Å². The Labute approximate surface area is 241 Å². The van der Waals surface area contributed by atoms with Gasteiger partial charge in [-0.2, -0.15) is 5.26 Å². The van der Waals surface area contributed by atoms with Gasteiger partial charge in [-0.25, -0.2) is 9.67 Å². The zero-order valence-electron chi connectivity index (χ0n) is 22.6. The van der Waals surface area contributed by atoms with E-state index >= 15 is 0 Å². The number of hydrogen-bond donors (Lipinski definition) is 0. The van der Waals surface area contributed by atoms with Gasteiger partial charge in [-0.15, -0.1) is 5.10 Å². The summed E-state index contributed by atoms with van der Waals surface area (Å²) in [6.45, 7) is 0.190. The molecule has 0 bridgehead atoms. The molecular formula is C33H24N6O3. The molecule has 0 saturated carbocycles. The Balaban J connectivity index is 1.29. The number of ether oxygens (including phenoxy) is 2. The van der Waals surface area contributed by atoms with Crippen LogP contribution in [-0.4, -0.2) is 31.7 Å². The third kappa shape index (κ3) is 5.50. The Morgan fingerprint density at radius 1 is 0.881 bits per heavy atom. The third-order valence-electron chi connectivity index (χ3n) is 6.61. The van der Waals surface area contributed by atoms with Crippen LogP contribution < -0.4 is 15.0 Å². The molecule has 0 aliphatic heterocycles. The first-order valence-corrected chi connectivity index (χ1v) is 13.1. The second-order valence-corrected chi connectivity index (χ2v) is 9.33. The molecule has 0 spiro atoms. The van der Waals surface area contributed by atoms with Crippen molar-refractivity contribution in [1.29, 1.82) is 5.26 Å². The minimum Gasteiger partial charge on any atom is -0.497 e. The Morgan fingerprint density at radius 3 is 2.48 bits per heavy atom. The van der Waals surface area contributed by atoms with Crippen molar-refractivity contribution in [3.63, 3.8) is 0 Å². The topological polar surface area (TPSA) is 108 Å². The minimum absolute atomic E-state index is 0.190. The van der Waals surface area contributed by atoms with E-state index in [1.165, 1.54) is 0 Å². The highest BCUT2D eigenvalue weighted by molar-refractivity contribution is 5.80. The molecule has 0 N–H and O–H groups in total. The van der Waals surface area contributed by atoms with Crippen LogP contribution in [0.2, 0.25) is 0 Å². The van der Waals surface area contributed by atoms with E-state index in [9.17, 15) is 4.79 Å². The van der Waals surface area contributed by atoms with Gasteiger partial charge in [0.1, 0.15) is 29.6 Å². The van der Waals surface area contributed by atoms with Gasteiger partial charge < -0.3 is 9.47 Å². The number of para-hydroxylation sites is 1. The van der Waals surface area contributed by atoms with Gasteiger partial charge in [0, 0.05) is 6.07 Å². The van der Waals surface area contributed by atoms with Crippen molar-refractivity contribution in [2.45, 2.75) is 6.61 Å². The smallest absolute Gasteiger partial charge is 0.266 e. The summed E-state index contributed by atoms with van der Waals surface area (Å²) in [4.78, 5) is 18.5. The van der Waals surface area contributed by atoms with Crippen molar-refractivity contribution in [3.8, 4) is 28.9 Å². The Bertz CT molecular complexity index is 2000. The van der Waals surface area contributed by atoms with Crippen LogP contribution in [0, 0.1) is 11.3 Å². The lowest BCUT2D eigenvalue weighted by Crippen LogP contribution is -2.22. The molecule has 2 aromatic heterocycles. The second kappa shape index (κ2) is 11.6. The number of nitrogens with zero attached hydrogens (tertiary/aromatic N) is 6. The molecule has 9 heteroatoms. The number of nitriles is 1. The van der Waals surface area contributed by atoms with Crippen molar-refractivity contribution in [2.24, 2.45) is 0 Å². The van der Waals surface area contributed by atoms with E-state index in [0.29, 0.717) is 39.4 Å². The average molecular weight is 553 g/mol. The van der Waals surface area contributed by atoms with E-state index < -0.39 is 0 Å². The lowest BCUT2D eigenvalue weighted by molar-refractivity contribution is 0.301. The van der Waals surface area contributed by atoms with Crippen molar-refractivity contribution in [2.75, 3.05) is 7.11 Å². The highest BCUT2D eigenvalue weighted by Gasteiger charge is 2.12. The molecule has 0 atom stereocenters. The standard InChI is InChI=1S/C33H24N6O3/c1-41-28-16-14-26(15-17-28)38-21-25(36-37-38)22-42-29-6-4-5-27(19-29)39-32(18-13-23-9-11-24(20-34)12-10-23)35-31-8-3-2-7-30(31)33(39)40/h2-19,21H,22H2,1H3/b18-13+. The van der Waals surface area contributed by atoms with Crippen molar-refractivity contribution < 1.29 is 9.47 Å². The Kier molecular flexibility index (Phi) is 7.25. The molecule has 0 aliphatic carbocycles. The zero-order valence-corrected chi connectivity index (χ0v) is 22.6. The first-order valence-electron chi connectivity index (χ1n) is 13.1. The van der Waals surface area contributed by atoms with E-state index in [1.54, 1.807) is 52.9 Å². The van der Waals surface area contributed by atoms with Crippen LogP contribution in [0.5, 0.6) is 11.5 Å². The summed E-state index contributed by atoms with van der Waals surface area (Å²) in [7, 11) is 1.62. The van der Waals surface area contributed by atoms with Crippen LogP contribution in [0.15, 0.2) is 108 Å². The number of aromatic nitrogens is 5. The SMILES string of the molecule is COc1ccc(-n2cc(COc3cccc(-n4c(/C=C/c5ccc(C#N)cc5)nc5ccccc5c4=O)c3)nn2)cc1. The number of fused-ring (bicyclic) bond motifs is 1. The van der Waals surface area contributed by atoms with Crippen LogP contribution in [0.25, 0.3) is 34.4 Å². The van der Waals surface area contributed by atoms with Gasteiger partial charge in [-0.3, -0.25) is 9.36 Å². The predicted molar refractivity (Wildman–Crippen MR) is 160 cm³/mol. The van der Waals surface area contributed by atoms with Crippen LogP contribution >= 0.6 is 0 Å². The predicted octanol–water partition coefficient (Wildman–Crippen LogP) is 5.60. The molecule has 0 radical (unpaired) electrons. The Morgan fingerprint density at radius 2 is 1.69 bits per heavy atom. The molecule has 9 nitrogen and oxygen atoms in total. The molecule has 2 heterocycles. The van der Waals surface area contributed by atoms with Crippen molar-refractivity contribution >= 4 is 23.1 Å². The molecule has 0 unspecified atom stereocenters. The highest BCUT2D eigenvalue weighted by Crippen LogP contribution is 2.21. The number of methoxy groups -OCH3 is 1. The maximum Gasteiger partial charge on any atom is 0.266 e. The summed E-state index contributed by atoms with van der Waals surface area (Å²) in [5.41, 5.74) is 3.96. The molecule has 0 amide bonds. The fourth-order valence-corrected chi connectivity index (χ4v) is 4.45. The highest BCUT2D eigenvalue weighted by atomic mass is 16.5. The van der Waals surface area contributed by atoms with Gasteiger partial charge in [0.25, 0.3) is 5.56 Å². The largest absolute Gasteiger partial charge is 0.497 e. The van der Waals surface area contributed by atoms with Crippen molar-refractivity contribution in [3.05, 3.63) is 136 Å². The van der Waals surface area contributed by atoms with Gasteiger partial charge in [0.05, 0.1) is 47.2 Å². The zero-order chi connectivity index (χ0) is 28.9. The number of benzene rings is 4. The maximum absolute atomic E-state index is 13.7. The summed E-state index contributed by atoms with van der Waals surface area (Å²) in [6.07, 6.45) is 5.45. The van der Waals surface area contributed by atoms with Gasteiger partial charge in [0.15, 0.2) is 0 Å². The monoisotopic (exact) mass is 552 g/mol. The maximum atomic E-state index is 13.7. The summed E-state index contributed by atoms with van der Waals surface area (Å²) >= 11 is 0. The van der Waals surface area contributed by atoms with Crippen LogP contribution in [0.3, 0.4) is 0 Å². The summed E-state index contributed by atoms with van der Waals surface area (Å²) < 4.78 is 14.5. The quantitative estimate of drug-likeness (QED) is 0.242. The average Bonchev–Trinajstić information content (AvgIpc) is 3.52. The second-order valence-electron chi connectivity index (χ2n) is 9.33. The molecule has 42 heavy (non-hydrogen) atoms. The van der Waals surface area contributed by atoms with Crippen LogP contribution in [0.1, 0.15) is 22.6 Å². The fourth-order valence-electron chi connectivity index (χ4n) is 4.45. The molecule has 204 valence electrons. The Hall–Kier alpha value is -6.01. The number of rotatable bonds is 8. The molecule has 0 fully saturated rings. The van der Waals surface area contributed by atoms with Crippen LogP contribution in [0.4, 0.5) is 0 Å². The molecule has 0 aliphatic rings. The summed E-state index contributed by atoms with van der Waals surface area (Å²) in [6, 6.07) is 31.3. The van der Waals surface area contributed by atoms with Gasteiger partial charge in [-0.05, 0) is 72.3 Å². The van der Waals surface area contributed by atoms with Gasteiger partial charge >= 0.3 is 0 Å². The molecule has 6 aromatic rings. The van der Waals surface area contributed by atoms with Gasteiger partial charge in [0.2, 0.25) is 0 Å². The number of hydrogen-bond acceptors (Lipinski definition) is 7.